The van der Waals surface area contributed by atoms with Crippen molar-refractivity contribution in [2.24, 2.45) is 28.7 Å². The first kappa shape index (κ1) is 22.6. The number of hydrogen-bond donors (Lipinski definition) is 5. The van der Waals surface area contributed by atoms with Gasteiger partial charge < -0.3 is 11.5 Å². The van der Waals surface area contributed by atoms with Gasteiger partial charge in [0.25, 0.3) is 0 Å². The van der Waals surface area contributed by atoms with Crippen molar-refractivity contribution in [2.45, 2.75) is 90.0 Å². The average Bonchev–Trinajstić information content (AvgIpc) is 2.66. The topological polar surface area (TPSA) is 112 Å². The van der Waals surface area contributed by atoms with Gasteiger partial charge in [-0.1, -0.05) is 20.8 Å². The van der Waals surface area contributed by atoms with Crippen LogP contribution in [0.15, 0.2) is 0 Å². The zero-order chi connectivity index (χ0) is 19.9. The first-order chi connectivity index (χ1) is 13.0. The number of nitrogens with zero attached hydrogens (tertiary/aromatic N) is 1. The molecule has 0 amide bonds. The van der Waals surface area contributed by atoms with Crippen molar-refractivity contribution >= 4 is 0 Å². The zero-order valence-electron chi connectivity index (χ0n) is 17.7. The SMILES string of the molecule is CCNC(NCC)(NCC)C(C#N)(C1CCC(N)CC1)C1CCC(N)CC1. The maximum absolute atomic E-state index is 10.8. The largest absolute Gasteiger partial charge is 0.328 e. The fourth-order valence-electron chi connectivity index (χ4n) is 5.78. The average molecular weight is 379 g/mol. The van der Waals surface area contributed by atoms with E-state index < -0.39 is 11.2 Å². The van der Waals surface area contributed by atoms with Gasteiger partial charge in [-0.15, -0.1) is 0 Å². The van der Waals surface area contributed by atoms with Gasteiger partial charge in [0, 0.05) is 12.1 Å². The van der Waals surface area contributed by atoms with Crippen LogP contribution in [-0.2, 0) is 0 Å². The summed E-state index contributed by atoms with van der Waals surface area (Å²) in [6.45, 7) is 8.79. The normalized spacial score (nSPS) is 31.9. The van der Waals surface area contributed by atoms with Gasteiger partial charge >= 0.3 is 0 Å². The third-order valence-electron chi connectivity index (χ3n) is 6.96. The Morgan fingerprint density at radius 1 is 0.741 bits per heavy atom. The lowest BCUT2D eigenvalue weighted by atomic mass is 9.55. The highest BCUT2D eigenvalue weighted by molar-refractivity contribution is 5.19. The molecule has 27 heavy (non-hydrogen) atoms. The predicted molar refractivity (Wildman–Crippen MR) is 112 cm³/mol. The lowest BCUT2D eigenvalue weighted by Gasteiger charge is -2.57. The maximum atomic E-state index is 10.8. The molecule has 0 unspecified atom stereocenters. The summed E-state index contributed by atoms with van der Waals surface area (Å²) in [5.41, 5.74) is 11.9. The van der Waals surface area contributed by atoms with Crippen molar-refractivity contribution in [1.29, 1.82) is 5.26 Å². The van der Waals surface area contributed by atoms with E-state index in [1.165, 1.54) is 0 Å². The molecule has 7 N–H and O–H groups in total. The lowest BCUT2D eigenvalue weighted by molar-refractivity contribution is -0.0576. The van der Waals surface area contributed by atoms with Crippen molar-refractivity contribution < 1.29 is 0 Å². The third-order valence-corrected chi connectivity index (χ3v) is 6.96. The third kappa shape index (κ3) is 4.49. The fourth-order valence-corrected chi connectivity index (χ4v) is 5.78. The molecule has 0 aliphatic heterocycles. The number of nitrogens with two attached hydrogens (primary N) is 2. The summed E-state index contributed by atoms with van der Waals surface area (Å²) in [6.07, 6.45) is 8.17. The Morgan fingerprint density at radius 3 is 1.33 bits per heavy atom. The molecular weight excluding hydrogens is 336 g/mol. The van der Waals surface area contributed by atoms with Crippen molar-refractivity contribution in [3.8, 4) is 6.07 Å². The van der Waals surface area contributed by atoms with E-state index in [0.717, 1.165) is 71.0 Å². The minimum Gasteiger partial charge on any atom is -0.328 e. The summed E-state index contributed by atoms with van der Waals surface area (Å²) in [6, 6.07) is 3.47. The Labute approximate surface area is 166 Å². The van der Waals surface area contributed by atoms with Crippen LogP contribution in [0.25, 0.3) is 0 Å². The monoisotopic (exact) mass is 378 g/mol. The van der Waals surface area contributed by atoms with Crippen LogP contribution in [0.3, 0.4) is 0 Å². The summed E-state index contributed by atoms with van der Waals surface area (Å²) in [5.74, 6) is 0.0793. The van der Waals surface area contributed by atoms with Gasteiger partial charge in [-0.2, -0.15) is 5.26 Å². The summed E-state index contributed by atoms with van der Waals surface area (Å²) in [7, 11) is 0. The molecule has 0 bridgehead atoms. The Morgan fingerprint density at radius 2 is 1.07 bits per heavy atom. The molecule has 0 aromatic heterocycles. The smallest absolute Gasteiger partial charge is 0.143 e. The minimum absolute atomic E-state index is 0.282. The zero-order valence-corrected chi connectivity index (χ0v) is 17.7. The van der Waals surface area contributed by atoms with Gasteiger partial charge in [-0.3, -0.25) is 16.0 Å². The summed E-state index contributed by atoms with van der Waals surface area (Å²) >= 11 is 0. The molecular formula is C21H42N6. The number of nitrogens with one attached hydrogen (secondary N) is 3. The van der Waals surface area contributed by atoms with Gasteiger partial charge in [0.2, 0.25) is 0 Å². The minimum atomic E-state index is -0.585. The van der Waals surface area contributed by atoms with E-state index in [2.05, 4.69) is 42.8 Å². The van der Waals surface area contributed by atoms with Gasteiger partial charge in [-0.05, 0) is 82.8 Å². The predicted octanol–water partition coefficient (Wildman–Crippen LogP) is 2.01. The lowest BCUT2D eigenvalue weighted by Crippen LogP contribution is -2.78. The molecule has 0 radical (unpaired) electrons. The van der Waals surface area contributed by atoms with Crippen LogP contribution in [0.2, 0.25) is 0 Å². The Balaban J connectivity index is 2.52. The molecule has 0 aromatic carbocycles. The molecule has 156 valence electrons. The van der Waals surface area contributed by atoms with Gasteiger partial charge in [0.05, 0.1) is 6.07 Å². The van der Waals surface area contributed by atoms with E-state index in [4.69, 9.17) is 11.5 Å². The maximum Gasteiger partial charge on any atom is 0.143 e. The van der Waals surface area contributed by atoms with E-state index in [1.807, 2.05) is 0 Å². The quantitative estimate of drug-likeness (QED) is 0.392. The van der Waals surface area contributed by atoms with Gasteiger partial charge in [-0.25, -0.2) is 0 Å². The molecule has 6 nitrogen and oxygen atoms in total. The van der Waals surface area contributed by atoms with Crippen LogP contribution in [0.4, 0.5) is 0 Å². The van der Waals surface area contributed by atoms with Crippen LogP contribution < -0.4 is 27.4 Å². The van der Waals surface area contributed by atoms with Crippen molar-refractivity contribution in [2.75, 3.05) is 19.6 Å². The summed E-state index contributed by atoms with van der Waals surface area (Å²) < 4.78 is 0. The molecule has 0 spiro atoms. The molecule has 2 aliphatic carbocycles. The van der Waals surface area contributed by atoms with E-state index in [1.54, 1.807) is 0 Å². The highest BCUT2D eigenvalue weighted by Crippen LogP contribution is 2.52. The Hall–Kier alpha value is -0.710. The fraction of sp³-hybridized carbons (Fsp3) is 0.952. The van der Waals surface area contributed by atoms with E-state index in [-0.39, 0.29) is 12.1 Å². The molecule has 2 saturated carbocycles. The molecule has 2 rings (SSSR count). The number of nitriles is 1. The number of hydrogen-bond acceptors (Lipinski definition) is 6. The highest BCUT2D eigenvalue weighted by Gasteiger charge is 2.60. The van der Waals surface area contributed by atoms with Gasteiger partial charge in [0.1, 0.15) is 11.2 Å². The first-order valence-electron chi connectivity index (χ1n) is 11.2. The van der Waals surface area contributed by atoms with Crippen LogP contribution in [0.5, 0.6) is 0 Å². The summed E-state index contributed by atoms with van der Waals surface area (Å²) in [5, 5.41) is 21.9. The number of rotatable bonds is 9. The van der Waals surface area contributed by atoms with Gasteiger partial charge in [0.15, 0.2) is 0 Å². The van der Waals surface area contributed by atoms with E-state index >= 15 is 0 Å². The second kappa shape index (κ2) is 10.2. The Bertz CT molecular complexity index is 433. The van der Waals surface area contributed by atoms with Crippen LogP contribution in [-0.4, -0.2) is 37.5 Å². The molecule has 2 aliphatic rings. The van der Waals surface area contributed by atoms with Crippen molar-refractivity contribution in [3.05, 3.63) is 0 Å². The van der Waals surface area contributed by atoms with Crippen LogP contribution in [0.1, 0.15) is 72.1 Å². The van der Waals surface area contributed by atoms with Crippen molar-refractivity contribution in [3.63, 3.8) is 0 Å². The molecule has 0 heterocycles. The van der Waals surface area contributed by atoms with E-state index in [9.17, 15) is 5.26 Å². The first-order valence-corrected chi connectivity index (χ1v) is 11.2. The van der Waals surface area contributed by atoms with Crippen LogP contribution in [0, 0.1) is 28.6 Å². The van der Waals surface area contributed by atoms with E-state index in [0.29, 0.717) is 11.8 Å². The Kier molecular flexibility index (Phi) is 8.51. The van der Waals surface area contributed by atoms with Crippen LogP contribution >= 0.6 is 0 Å². The molecule has 6 heteroatoms. The molecule has 0 saturated heterocycles. The summed E-state index contributed by atoms with van der Waals surface area (Å²) in [4.78, 5) is 0. The molecule has 0 aromatic rings. The highest BCUT2D eigenvalue weighted by atomic mass is 15.4. The second-order valence-corrected chi connectivity index (χ2v) is 8.55. The molecule has 2 fully saturated rings. The van der Waals surface area contributed by atoms with Crippen molar-refractivity contribution in [1.82, 2.24) is 16.0 Å². The standard InChI is InChI=1S/C21H42N6/c1-4-25-21(26-5-2,27-6-3)20(15-22,16-7-11-18(23)12-8-16)17-9-13-19(24)14-10-17/h16-19,25-27H,4-14,23-24H2,1-3H3. The molecule has 0 atom stereocenters. The second-order valence-electron chi connectivity index (χ2n) is 8.55.